The van der Waals surface area contributed by atoms with Crippen molar-refractivity contribution in [2.75, 3.05) is 25.4 Å². The molecule has 0 atom stereocenters. The van der Waals surface area contributed by atoms with E-state index in [-0.39, 0.29) is 22.9 Å². The molecule has 1 aromatic carbocycles. The highest BCUT2D eigenvalue weighted by molar-refractivity contribution is 5.98. The molecule has 5 nitrogen and oxygen atoms in total. The second kappa shape index (κ2) is 5.93. The molecule has 104 valence electrons. The van der Waals surface area contributed by atoms with Crippen molar-refractivity contribution < 1.29 is 9.90 Å². The van der Waals surface area contributed by atoms with E-state index in [9.17, 15) is 9.90 Å². The number of hydrogen-bond donors (Lipinski definition) is 3. The molecule has 5 heteroatoms. The second-order valence-corrected chi connectivity index (χ2v) is 4.86. The smallest absolute Gasteiger partial charge is 0.255 e. The first-order valence-electron chi connectivity index (χ1n) is 6.73. The molecule has 0 heterocycles. The first-order valence-corrected chi connectivity index (χ1v) is 6.73. The minimum absolute atomic E-state index is 0.144. The van der Waals surface area contributed by atoms with Gasteiger partial charge in [0.1, 0.15) is 0 Å². The van der Waals surface area contributed by atoms with E-state index in [1.54, 1.807) is 18.2 Å². The molecular weight excluding hydrogens is 242 g/mol. The number of anilines is 1. The molecule has 1 fully saturated rings. The largest absolute Gasteiger partial charge is 0.505 e. The van der Waals surface area contributed by atoms with Gasteiger partial charge in [0.25, 0.3) is 5.91 Å². The molecule has 1 saturated carbocycles. The number of phenolic OH excluding ortho intramolecular Hbond substituents is 1. The highest BCUT2D eigenvalue weighted by Crippen LogP contribution is 2.26. The van der Waals surface area contributed by atoms with Crippen LogP contribution in [0.2, 0.25) is 0 Å². The van der Waals surface area contributed by atoms with Gasteiger partial charge in [-0.3, -0.25) is 9.69 Å². The van der Waals surface area contributed by atoms with Crippen LogP contribution in [-0.2, 0) is 0 Å². The zero-order valence-corrected chi connectivity index (χ0v) is 11.2. The van der Waals surface area contributed by atoms with Gasteiger partial charge in [-0.25, -0.2) is 0 Å². The highest BCUT2D eigenvalue weighted by Gasteiger charge is 2.27. The molecule has 1 amide bonds. The van der Waals surface area contributed by atoms with E-state index in [2.05, 4.69) is 17.1 Å². The van der Waals surface area contributed by atoms with Gasteiger partial charge < -0.3 is 16.2 Å². The van der Waals surface area contributed by atoms with Crippen molar-refractivity contribution in [3.8, 4) is 5.75 Å². The summed E-state index contributed by atoms with van der Waals surface area (Å²) in [4.78, 5) is 14.3. The minimum atomic E-state index is -0.281. The van der Waals surface area contributed by atoms with Crippen molar-refractivity contribution >= 4 is 11.6 Å². The van der Waals surface area contributed by atoms with E-state index in [0.717, 1.165) is 13.1 Å². The summed E-state index contributed by atoms with van der Waals surface area (Å²) in [6, 6.07) is 5.49. The number of carbonyl (C=O) groups is 1. The fourth-order valence-electron chi connectivity index (χ4n) is 2.19. The van der Waals surface area contributed by atoms with Gasteiger partial charge in [0.05, 0.1) is 11.3 Å². The van der Waals surface area contributed by atoms with E-state index >= 15 is 0 Å². The maximum Gasteiger partial charge on any atom is 0.255 e. The third kappa shape index (κ3) is 3.38. The van der Waals surface area contributed by atoms with E-state index in [1.165, 1.54) is 12.8 Å². The van der Waals surface area contributed by atoms with Crippen molar-refractivity contribution in [1.29, 1.82) is 0 Å². The van der Waals surface area contributed by atoms with Crippen molar-refractivity contribution in [3.05, 3.63) is 23.8 Å². The lowest BCUT2D eigenvalue weighted by molar-refractivity contribution is 0.0945. The number of likely N-dealkylation sites (N-methyl/N-ethyl adjacent to an activating group) is 1. The molecule has 0 saturated heterocycles. The van der Waals surface area contributed by atoms with Gasteiger partial charge in [0.2, 0.25) is 0 Å². The topological polar surface area (TPSA) is 78.6 Å². The summed E-state index contributed by atoms with van der Waals surface area (Å²) in [5.74, 6) is -0.425. The molecule has 1 aliphatic carbocycles. The zero-order valence-electron chi connectivity index (χ0n) is 11.2. The van der Waals surface area contributed by atoms with E-state index in [1.807, 2.05) is 0 Å². The Bertz CT molecular complexity index is 458. The summed E-state index contributed by atoms with van der Waals surface area (Å²) in [5, 5.41) is 12.5. The van der Waals surface area contributed by atoms with Gasteiger partial charge in [-0.05, 0) is 31.5 Å². The van der Waals surface area contributed by atoms with Crippen LogP contribution in [0, 0.1) is 0 Å². The molecule has 0 aromatic heterocycles. The first kappa shape index (κ1) is 13.7. The number of phenols is 1. The Hall–Kier alpha value is -1.75. The average Bonchev–Trinajstić information content (AvgIpc) is 3.22. The van der Waals surface area contributed by atoms with Crippen molar-refractivity contribution in [1.82, 2.24) is 10.2 Å². The number of rotatable bonds is 6. The minimum Gasteiger partial charge on any atom is -0.505 e. The van der Waals surface area contributed by atoms with Gasteiger partial charge in [0, 0.05) is 19.1 Å². The number of para-hydroxylation sites is 1. The van der Waals surface area contributed by atoms with Gasteiger partial charge in [-0.2, -0.15) is 0 Å². The number of nitrogens with two attached hydrogens (primary N) is 1. The first-order chi connectivity index (χ1) is 9.13. The standard InChI is InChI=1S/C14H21N3O2/c1-2-17(10-6-7-10)9-8-16-14(19)11-4-3-5-12(15)13(11)18/h3-5,10,18H,2,6-9,15H2,1H3,(H,16,19). The molecule has 0 unspecified atom stereocenters. The Morgan fingerprint density at radius 1 is 1.53 bits per heavy atom. The van der Waals surface area contributed by atoms with Crippen LogP contribution in [0.15, 0.2) is 18.2 Å². The van der Waals surface area contributed by atoms with Crippen LogP contribution < -0.4 is 11.1 Å². The molecule has 0 spiro atoms. The summed E-state index contributed by atoms with van der Waals surface area (Å²) >= 11 is 0. The lowest BCUT2D eigenvalue weighted by atomic mass is 10.1. The van der Waals surface area contributed by atoms with Gasteiger partial charge in [-0.15, -0.1) is 0 Å². The van der Waals surface area contributed by atoms with Crippen molar-refractivity contribution in [2.24, 2.45) is 0 Å². The van der Waals surface area contributed by atoms with Crippen LogP contribution >= 0.6 is 0 Å². The number of hydrogen-bond acceptors (Lipinski definition) is 4. The number of amides is 1. The number of nitrogens with one attached hydrogen (secondary N) is 1. The predicted octanol–water partition coefficient (Wildman–Crippen LogP) is 1.19. The van der Waals surface area contributed by atoms with Crippen molar-refractivity contribution in [3.63, 3.8) is 0 Å². The second-order valence-electron chi connectivity index (χ2n) is 4.86. The maximum atomic E-state index is 11.9. The summed E-state index contributed by atoms with van der Waals surface area (Å²) in [7, 11) is 0. The third-order valence-electron chi connectivity index (χ3n) is 3.47. The number of aromatic hydroxyl groups is 1. The Morgan fingerprint density at radius 2 is 2.26 bits per heavy atom. The lowest BCUT2D eigenvalue weighted by Gasteiger charge is -2.19. The summed E-state index contributed by atoms with van der Waals surface area (Å²) < 4.78 is 0. The normalized spacial score (nSPS) is 14.6. The fraction of sp³-hybridized carbons (Fsp3) is 0.500. The summed E-state index contributed by atoms with van der Waals surface area (Å²) in [6.45, 7) is 4.56. The summed E-state index contributed by atoms with van der Waals surface area (Å²) in [5.41, 5.74) is 6.02. The highest BCUT2D eigenvalue weighted by atomic mass is 16.3. The van der Waals surface area contributed by atoms with Gasteiger partial charge >= 0.3 is 0 Å². The SMILES string of the molecule is CCN(CCNC(=O)c1cccc(N)c1O)C1CC1. The molecule has 0 bridgehead atoms. The molecule has 4 N–H and O–H groups in total. The zero-order chi connectivity index (χ0) is 13.8. The van der Waals surface area contributed by atoms with Crippen molar-refractivity contribution in [2.45, 2.75) is 25.8 Å². The van der Waals surface area contributed by atoms with Crippen LogP contribution in [0.25, 0.3) is 0 Å². The molecule has 1 aromatic rings. The number of nitrogen functional groups attached to an aromatic ring is 1. The quantitative estimate of drug-likeness (QED) is 0.532. The molecular formula is C14H21N3O2. The van der Waals surface area contributed by atoms with Crippen LogP contribution in [0.3, 0.4) is 0 Å². The van der Waals surface area contributed by atoms with Crippen LogP contribution in [0.4, 0.5) is 5.69 Å². The number of nitrogens with zero attached hydrogens (tertiary/aromatic N) is 1. The number of carbonyl (C=O) groups excluding carboxylic acids is 1. The van der Waals surface area contributed by atoms with Gasteiger partial charge in [0.15, 0.2) is 5.75 Å². The molecule has 1 aliphatic rings. The average molecular weight is 263 g/mol. The maximum absolute atomic E-state index is 11.9. The molecule has 19 heavy (non-hydrogen) atoms. The Kier molecular flexibility index (Phi) is 4.27. The van der Waals surface area contributed by atoms with Crippen LogP contribution in [0.1, 0.15) is 30.1 Å². The van der Waals surface area contributed by atoms with E-state index in [4.69, 9.17) is 5.73 Å². The molecule has 0 radical (unpaired) electrons. The predicted molar refractivity (Wildman–Crippen MR) is 75.1 cm³/mol. The molecule has 0 aliphatic heterocycles. The third-order valence-corrected chi connectivity index (χ3v) is 3.47. The van der Waals surface area contributed by atoms with E-state index in [0.29, 0.717) is 12.6 Å². The lowest BCUT2D eigenvalue weighted by Crippen LogP contribution is -2.36. The van der Waals surface area contributed by atoms with Crippen LogP contribution in [0.5, 0.6) is 5.75 Å². The fourth-order valence-corrected chi connectivity index (χ4v) is 2.19. The Labute approximate surface area is 113 Å². The van der Waals surface area contributed by atoms with E-state index < -0.39 is 0 Å². The number of benzene rings is 1. The Balaban J connectivity index is 1.85. The monoisotopic (exact) mass is 263 g/mol. The Morgan fingerprint density at radius 3 is 2.89 bits per heavy atom. The molecule has 2 rings (SSSR count). The summed E-state index contributed by atoms with van der Waals surface area (Å²) in [6.07, 6.45) is 2.52. The van der Waals surface area contributed by atoms with Crippen LogP contribution in [-0.4, -0.2) is 41.6 Å². The van der Waals surface area contributed by atoms with Gasteiger partial charge in [-0.1, -0.05) is 13.0 Å².